The molecule has 1 fully saturated rings. The van der Waals surface area contributed by atoms with E-state index >= 15 is 0 Å². The molecule has 5 nitrogen and oxygen atoms in total. The molecule has 0 radical (unpaired) electrons. The molecule has 2 N–H and O–H groups in total. The number of hydrogen-bond acceptors (Lipinski definition) is 3. The Morgan fingerprint density at radius 1 is 1.36 bits per heavy atom. The monoisotopic (exact) mass is 305 g/mol. The fourth-order valence-electron chi connectivity index (χ4n) is 2.80. The van der Waals surface area contributed by atoms with Gasteiger partial charge in [0.1, 0.15) is 0 Å². The minimum Gasteiger partial charge on any atom is -0.481 e. The number of ether oxygens (including phenoxy) is 1. The summed E-state index contributed by atoms with van der Waals surface area (Å²) in [5.74, 6) is -1.19. The number of carbonyl (C=O) groups excluding carboxylic acids is 1. The van der Waals surface area contributed by atoms with Crippen LogP contribution in [0.4, 0.5) is 0 Å². The van der Waals surface area contributed by atoms with Gasteiger partial charge in [0.2, 0.25) is 5.91 Å². The van der Waals surface area contributed by atoms with E-state index in [1.807, 2.05) is 37.3 Å². The molecule has 1 aromatic rings. The predicted octanol–water partition coefficient (Wildman–Crippen LogP) is 2.38. The van der Waals surface area contributed by atoms with Crippen molar-refractivity contribution in [3.63, 3.8) is 0 Å². The second-order valence-electron chi connectivity index (χ2n) is 5.90. The minimum absolute atomic E-state index is 0.0502. The summed E-state index contributed by atoms with van der Waals surface area (Å²) >= 11 is 0. The van der Waals surface area contributed by atoms with Crippen molar-refractivity contribution in [1.29, 1.82) is 0 Å². The van der Waals surface area contributed by atoms with Gasteiger partial charge in [-0.15, -0.1) is 0 Å². The molecule has 0 saturated carbocycles. The van der Waals surface area contributed by atoms with Crippen molar-refractivity contribution < 1.29 is 19.4 Å². The van der Waals surface area contributed by atoms with Crippen LogP contribution in [-0.2, 0) is 14.3 Å². The quantitative estimate of drug-likeness (QED) is 0.846. The zero-order chi connectivity index (χ0) is 15.9. The van der Waals surface area contributed by atoms with Crippen molar-refractivity contribution in [2.75, 3.05) is 13.2 Å². The molecule has 1 aliphatic heterocycles. The summed E-state index contributed by atoms with van der Waals surface area (Å²) in [6, 6.07) is 9.77. The number of carboxylic acids is 1. The highest BCUT2D eigenvalue weighted by Crippen LogP contribution is 2.33. The van der Waals surface area contributed by atoms with Gasteiger partial charge in [0.15, 0.2) is 0 Å². The van der Waals surface area contributed by atoms with Gasteiger partial charge in [-0.05, 0) is 24.3 Å². The first kappa shape index (κ1) is 16.5. The van der Waals surface area contributed by atoms with Crippen LogP contribution in [-0.4, -0.2) is 30.1 Å². The zero-order valence-electron chi connectivity index (χ0n) is 12.8. The lowest BCUT2D eigenvalue weighted by atomic mass is 9.88. The number of carbonyl (C=O) groups is 2. The maximum absolute atomic E-state index is 12.4. The average Bonchev–Trinajstić information content (AvgIpc) is 2.53. The van der Waals surface area contributed by atoms with Gasteiger partial charge >= 0.3 is 5.97 Å². The van der Waals surface area contributed by atoms with E-state index in [4.69, 9.17) is 9.84 Å². The van der Waals surface area contributed by atoms with Crippen LogP contribution < -0.4 is 5.32 Å². The summed E-state index contributed by atoms with van der Waals surface area (Å²) in [7, 11) is 0. The van der Waals surface area contributed by atoms with Gasteiger partial charge in [0.05, 0.1) is 12.0 Å². The molecule has 3 atom stereocenters. The molecule has 0 bridgehead atoms. The Morgan fingerprint density at radius 3 is 2.77 bits per heavy atom. The first-order chi connectivity index (χ1) is 10.6. The zero-order valence-corrected chi connectivity index (χ0v) is 12.8. The molecule has 1 aromatic carbocycles. The van der Waals surface area contributed by atoms with Crippen LogP contribution >= 0.6 is 0 Å². The van der Waals surface area contributed by atoms with Crippen LogP contribution in [0.2, 0.25) is 0 Å². The maximum atomic E-state index is 12.4. The van der Waals surface area contributed by atoms with E-state index in [1.165, 1.54) is 0 Å². The van der Waals surface area contributed by atoms with E-state index in [0.717, 1.165) is 18.4 Å². The molecule has 1 saturated heterocycles. The number of benzene rings is 1. The third-order valence-corrected chi connectivity index (χ3v) is 3.94. The number of hydrogen-bond donors (Lipinski definition) is 2. The van der Waals surface area contributed by atoms with Crippen molar-refractivity contribution in [1.82, 2.24) is 5.32 Å². The van der Waals surface area contributed by atoms with Crippen molar-refractivity contribution in [3.05, 3.63) is 35.9 Å². The summed E-state index contributed by atoms with van der Waals surface area (Å²) in [6.45, 7) is 2.86. The Labute approximate surface area is 130 Å². The van der Waals surface area contributed by atoms with Crippen molar-refractivity contribution >= 4 is 11.9 Å². The largest absolute Gasteiger partial charge is 0.481 e. The minimum atomic E-state index is -0.843. The highest BCUT2D eigenvalue weighted by atomic mass is 16.5. The molecular weight excluding hydrogens is 282 g/mol. The van der Waals surface area contributed by atoms with E-state index in [2.05, 4.69) is 5.32 Å². The normalized spacial score (nSPS) is 22.8. The first-order valence-electron chi connectivity index (χ1n) is 7.74. The smallest absolute Gasteiger partial charge is 0.303 e. The Hall–Kier alpha value is -1.88. The predicted molar refractivity (Wildman–Crippen MR) is 82.3 cm³/mol. The molecule has 22 heavy (non-hydrogen) atoms. The molecule has 0 spiro atoms. The average molecular weight is 305 g/mol. The number of carboxylic acid groups (broad SMARTS) is 1. The van der Waals surface area contributed by atoms with Gasteiger partial charge in [0.25, 0.3) is 0 Å². The molecular formula is C17H23NO4. The Morgan fingerprint density at radius 2 is 2.09 bits per heavy atom. The summed E-state index contributed by atoms with van der Waals surface area (Å²) in [5, 5.41) is 11.6. The van der Waals surface area contributed by atoms with E-state index in [1.54, 1.807) is 0 Å². The molecule has 1 amide bonds. The van der Waals surface area contributed by atoms with Crippen LogP contribution in [0.25, 0.3) is 0 Å². The second-order valence-corrected chi connectivity index (χ2v) is 5.90. The molecule has 0 aliphatic carbocycles. The first-order valence-corrected chi connectivity index (χ1v) is 7.74. The second kappa shape index (κ2) is 7.94. The molecule has 120 valence electrons. The van der Waals surface area contributed by atoms with Gasteiger partial charge in [-0.2, -0.15) is 0 Å². The van der Waals surface area contributed by atoms with Gasteiger partial charge in [-0.25, -0.2) is 0 Å². The number of rotatable bonds is 6. The number of amides is 1. The standard InChI is InChI=1S/C17H23NO4/c1-12(10-15(19)20)11-18-17(21)14-8-5-9-22-16(14)13-6-3-2-4-7-13/h2-4,6-7,12,14,16H,5,8-11H2,1H3,(H,18,21)(H,19,20). The Balaban J connectivity index is 1.95. The van der Waals surface area contributed by atoms with Gasteiger partial charge in [-0.1, -0.05) is 37.3 Å². The highest BCUT2D eigenvalue weighted by Gasteiger charge is 2.32. The molecule has 2 rings (SSSR count). The number of aliphatic carboxylic acids is 1. The van der Waals surface area contributed by atoms with Gasteiger partial charge < -0.3 is 15.2 Å². The van der Waals surface area contributed by atoms with Crippen LogP contribution in [0, 0.1) is 11.8 Å². The summed E-state index contributed by atoms with van der Waals surface area (Å²) in [4.78, 5) is 23.1. The molecule has 1 heterocycles. The van der Waals surface area contributed by atoms with Crippen molar-refractivity contribution in [2.24, 2.45) is 11.8 Å². The van der Waals surface area contributed by atoms with Crippen LogP contribution in [0.1, 0.15) is 37.9 Å². The fourth-order valence-corrected chi connectivity index (χ4v) is 2.80. The lowest BCUT2D eigenvalue weighted by Gasteiger charge is -2.31. The van der Waals surface area contributed by atoms with Gasteiger partial charge in [-0.3, -0.25) is 9.59 Å². The maximum Gasteiger partial charge on any atom is 0.303 e. The Bertz CT molecular complexity index is 503. The third-order valence-electron chi connectivity index (χ3n) is 3.94. The summed E-state index contributed by atoms with van der Waals surface area (Å²) < 4.78 is 5.81. The van der Waals surface area contributed by atoms with Crippen LogP contribution in [0.3, 0.4) is 0 Å². The van der Waals surface area contributed by atoms with E-state index in [-0.39, 0.29) is 30.3 Å². The van der Waals surface area contributed by atoms with Crippen molar-refractivity contribution in [3.8, 4) is 0 Å². The molecule has 3 unspecified atom stereocenters. The lowest BCUT2D eigenvalue weighted by Crippen LogP contribution is -2.39. The molecule has 0 aromatic heterocycles. The van der Waals surface area contributed by atoms with E-state index < -0.39 is 5.97 Å². The fraction of sp³-hybridized carbons (Fsp3) is 0.529. The SMILES string of the molecule is CC(CNC(=O)C1CCCOC1c1ccccc1)CC(=O)O. The lowest BCUT2D eigenvalue weighted by molar-refractivity contribution is -0.139. The third kappa shape index (κ3) is 4.56. The Kier molecular flexibility index (Phi) is 5.95. The molecule has 5 heteroatoms. The van der Waals surface area contributed by atoms with Crippen LogP contribution in [0.5, 0.6) is 0 Å². The summed E-state index contributed by atoms with van der Waals surface area (Å²) in [6.07, 6.45) is 1.50. The summed E-state index contributed by atoms with van der Waals surface area (Å²) in [5.41, 5.74) is 1.01. The topological polar surface area (TPSA) is 75.6 Å². The van der Waals surface area contributed by atoms with E-state index in [9.17, 15) is 9.59 Å². The molecule has 1 aliphatic rings. The van der Waals surface area contributed by atoms with Gasteiger partial charge in [0, 0.05) is 19.6 Å². The van der Waals surface area contributed by atoms with Crippen molar-refractivity contribution in [2.45, 2.75) is 32.3 Å². The van der Waals surface area contributed by atoms with Crippen LogP contribution in [0.15, 0.2) is 30.3 Å². The van der Waals surface area contributed by atoms with E-state index in [0.29, 0.717) is 13.2 Å². The number of nitrogens with one attached hydrogen (secondary N) is 1. The highest BCUT2D eigenvalue weighted by molar-refractivity contribution is 5.79.